The largest absolute Gasteiger partial charge is 0.495 e. The summed E-state index contributed by atoms with van der Waals surface area (Å²) in [7, 11) is 1.51. The van der Waals surface area contributed by atoms with Crippen molar-refractivity contribution in [2.75, 3.05) is 19.0 Å². The smallest absolute Gasteiger partial charge is 0.308 e. The van der Waals surface area contributed by atoms with Gasteiger partial charge in [0.25, 0.3) is 11.8 Å². The van der Waals surface area contributed by atoms with Crippen LogP contribution in [0.2, 0.25) is 0 Å². The minimum Gasteiger partial charge on any atom is -0.495 e. The standard InChI is InChI=1S/C19H22N2O5S/c1-12-4-5-16(25-3)15(10-12)21-18(23)13(2)26-17(22)6-8-20-19(24)14-7-9-27-11-14/h4-5,7,9-11,13H,6,8H2,1-3H3,(H,20,24)(H,21,23). The number of hydrogen-bond acceptors (Lipinski definition) is 6. The number of thiophene rings is 1. The zero-order chi connectivity index (χ0) is 19.8. The number of aryl methyl sites for hydroxylation is 1. The lowest BCUT2D eigenvalue weighted by molar-refractivity contribution is -0.153. The van der Waals surface area contributed by atoms with Crippen LogP contribution in [0.3, 0.4) is 0 Å². The molecular formula is C19H22N2O5S. The van der Waals surface area contributed by atoms with E-state index < -0.39 is 18.0 Å². The number of carbonyl (C=O) groups is 3. The van der Waals surface area contributed by atoms with Crippen molar-refractivity contribution >= 4 is 34.8 Å². The van der Waals surface area contributed by atoms with Crippen LogP contribution in [0.25, 0.3) is 0 Å². The molecule has 1 unspecified atom stereocenters. The number of esters is 1. The molecule has 0 saturated carbocycles. The van der Waals surface area contributed by atoms with Crippen molar-refractivity contribution in [1.82, 2.24) is 5.32 Å². The maximum Gasteiger partial charge on any atom is 0.308 e. The Balaban J connectivity index is 1.79. The summed E-state index contributed by atoms with van der Waals surface area (Å²) in [5, 5.41) is 8.84. The Hall–Kier alpha value is -2.87. The summed E-state index contributed by atoms with van der Waals surface area (Å²) in [5.41, 5.74) is 2.01. The minimum absolute atomic E-state index is 0.0265. The highest BCUT2D eigenvalue weighted by Gasteiger charge is 2.19. The van der Waals surface area contributed by atoms with Gasteiger partial charge in [0.2, 0.25) is 0 Å². The van der Waals surface area contributed by atoms with Gasteiger partial charge in [-0.2, -0.15) is 11.3 Å². The van der Waals surface area contributed by atoms with Crippen molar-refractivity contribution in [3.63, 3.8) is 0 Å². The Morgan fingerprint density at radius 3 is 2.67 bits per heavy atom. The Labute approximate surface area is 161 Å². The Kier molecular flexibility index (Phi) is 7.36. The lowest BCUT2D eigenvalue weighted by atomic mass is 10.2. The molecule has 2 amide bonds. The topological polar surface area (TPSA) is 93.7 Å². The number of anilines is 1. The molecule has 1 atom stereocenters. The molecule has 0 fully saturated rings. The number of amides is 2. The SMILES string of the molecule is COc1ccc(C)cc1NC(=O)C(C)OC(=O)CCNC(=O)c1ccsc1. The van der Waals surface area contributed by atoms with E-state index in [1.807, 2.05) is 13.0 Å². The van der Waals surface area contributed by atoms with Crippen LogP contribution in [0.1, 0.15) is 29.3 Å². The van der Waals surface area contributed by atoms with Crippen LogP contribution in [0.15, 0.2) is 35.0 Å². The van der Waals surface area contributed by atoms with Gasteiger partial charge >= 0.3 is 5.97 Å². The molecule has 8 heteroatoms. The van der Waals surface area contributed by atoms with Gasteiger partial charge in [0.15, 0.2) is 6.10 Å². The number of hydrogen-bond donors (Lipinski definition) is 2. The second kappa shape index (κ2) is 9.72. The lowest BCUT2D eigenvalue weighted by Crippen LogP contribution is -2.32. The summed E-state index contributed by atoms with van der Waals surface area (Å²) in [4.78, 5) is 35.9. The predicted molar refractivity (Wildman–Crippen MR) is 103 cm³/mol. The van der Waals surface area contributed by atoms with Crippen LogP contribution < -0.4 is 15.4 Å². The first kappa shape index (κ1) is 20.4. The normalized spacial score (nSPS) is 11.4. The zero-order valence-corrected chi connectivity index (χ0v) is 16.2. The third-order valence-corrected chi connectivity index (χ3v) is 4.37. The number of ether oxygens (including phenoxy) is 2. The molecule has 7 nitrogen and oxygen atoms in total. The second-order valence-corrected chi connectivity index (χ2v) is 6.62. The van der Waals surface area contributed by atoms with E-state index in [2.05, 4.69) is 10.6 Å². The van der Waals surface area contributed by atoms with E-state index in [0.29, 0.717) is 17.0 Å². The molecule has 0 aliphatic rings. The van der Waals surface area contributed by atoms with Gasteiger partial charge in [-0.3, -0.25) is 14.4 Å². The third kappa shape index (κ3) is 6.10. The van der Waals surface area contributed by atoms with Crippen LogP contribution in [0, 0.1) is 6.92 Å². The van der Waals surface area contributed by atoms with Gasteiger partial charge in [-0.1, -0.05) is 6.07 Å². The van der Waals surface area contributed by atoms with E-state index in [9.17, 15) is 14.4 Å². The molecule has 2 aromatic rings. The fraction of sp³-hybridized carbons (Fsp3) is 0.316. The molecule has 2 N–H and O–H groups in total. The molecule has 0 bridgehead atoms. The molecule has 0 saturated heterocycles. The molecule has 27 heavy (non-hydrogen) atoms. The van der Waals surface area contributed by atoms with Crippen molar-refractivity contribution in [3.05, 3.63) is 46.2 Å². The lowest BCUT2D eigenvalue weighted by Gasteiger charge is -2.15. The number of rotatable bonds is 8. The van der Waals surface area contributed by atoms with Gasteiger partial charge in [-0.25, -0.2) is 0 Å². The predicted octanol–water partition coefficient (Wildman–Crippen LogP) is 2.76. The fourth-order valence-corrected chi connectivity index (χ4v) is 2.87. The highest BCUT2D eigenvalue weighted by atomic mass is 32.1. The molecule has 1 aromatic heterocycles. The van der Waals surface area contributed by atoms with Crippen molar-refractivity contribution in [2.24, 2.45) is 0 Å². The van der Waals surface area contributed by atoms with Crippen LogP contribution in [0.4, 0.5) is 5.69 Å². The monoisotopic (exact) mass is 390 g/mol. The average molecular weight is 390 g/mol. The van der Waals surface area contributed by atoms with Gasteiger partial charge in [0.1, 0.15) is 5.75 Å². The maximum atomic E-state index is 12.3. The Morgan fingerprint density at radius 2 is 2.00 bits per heavy atom. The Morgan fingerprint density at radius 1 is 1.22 bits per heavy atom. The summed E-state index contributed by atoms with van der Waals surface area (Å²) >= 11 is 1.42. The summed E-state index contributed by atoms with van der Waals surface area (Å²) < 4.78 is 10.3. The number of benzene rings is 1. The molecule has 0 radical (unpaired) electrons. The fourth-order valence-electron chi connectivity index (χ4n) is 2.24. The first-order chi connectivity index (χ1) is 12.9. The van der Waals surface area contributed by atoms with E-state index in [1.165, 1.54) is 25.4 Å². The van der Waals surface area contributed by atoms with Gasteiger partial charge in [0, 0.05) is 17.5 Å². The highest BCUT2D eigenvalue weighted by molar-refractivity contribution is 7.08. The summed E-state index contributed by atoms with van der Waals surface area (Å²) in [6, 6.07) is 7.08. The van der Waals surface area contributed by atoms with E-state index in [4.69, 9.17) is 9.47 Å². The molecular weight excluding hydrogens is 368 g/mol. The van der Waals surface area contributed by atoms with Crippen LogP contribution >= 0.6 is 11.3 Å². The zero-order valence-electron chi connectivity index (χ0n) is 15.4. The first-order valence-electron chi connectivity index (χ1n) is 8.36. The van der Waals surface area contributed by atoms with Crippen LogP contribution in [-0.2, 0) is 14.3 Å². The average Bonchev–Trinajstić information content (AvgIpc) is 3.16. The van der Waals surface area contributed by atoms with Crippen LogP contribution in [-0.4, -0.2) is 37.5 Å². The molecule has 144 valence electrons. The molecule has 0 aliphatic heterocycles. The van der Waals surface area contributed by atoms with Gasteiger partial charge in [0.05, 0.1) is 19.2 Å². The molecule has 1 heterocycles. The first-order valence-corrected chi connectivity index (χ1v) is 9.30. The van der Waals surface area contributed by atoms with Crippen LogP contribution in [0.5, 0.6) is 5.75 Å². The quantitative estimate of drug-likeness (QED) is 0.676. The molecule has 0 aliphatic carbocycles. The van der Waals surface area contributed by atoms with Crippen molar-refractivity contribution in [3.8, 4) is 5.75 Å². The Bertz CT molecular complexity index is 804. The van der Waals surface area contributed by atoms with E-state index in [0.717, 1.165) is 5.56 Å². The summed E-state index contributed by atoms with van der Waals surface area (Å²) in [5.74, 6) is -0.765. The number of carbonyl (C=O) groups excluding carboxylic acids is 3. The molecule has 0 spiro atoms. The third-order valence-electron chi connectivity index (χ3n) is 3.69. The maximum absolute atomic E-state index is 12.3. The summed E-state index contributed by atoms with van der Waals surface area (Å²) in [6.45, 7) is 3.51. The molecule has 2 rings (SSSR count). The number of methoxy groups -OCH3 is 1. The number of nitrogens with one attached hydrogen (secondary N) is 2. The second-order valence-electron chi connectivity index (χ2n) is 5.84. The minimum atomic E-state index is -0.977. The van der Waals surface area contributed by atoms with Crippen molar-refractivity contribution < 1.29 is 23.9 Å². The van der Waals surface area contributed by atoms with Gasteiger partial charge in [-0.05, 0) is 43.0 Å². The van der Waals surface area contributed by atoms with E-state index in [-0.39, 0.29) is 18.9 Å². The van der Waals surface area contributed by atoms with Gasteiger partial charge < -0.3 is 20.1 Å². The van der Waals surface area contributed by atoms with E-state index >= 15 is 0 Å². The van der Waals surface area contributed by atoms with Gasteiger partial charge in [-0.15, -0.1) is 0 Å². The van der Waals surface area contributed by atoms with E-state index in [1.54, 1.807) is 29.0 Å². The van der Waals surface area contributed by atoms with Crippen molar-refractivity contribution in [1.29, 1.82) is 0 Å². The summed E-state index contributed by atoms with van der Waals surface area (Å²) in [6.07, 6.45) is -1.00. The molecule has 1 aromatic carbocycles. The van der Waals surface area contributed by atoms with Crippen molar-refractivity contribution in [2.45, 2.75) is 26.4 Å². The highest BCUT2D eigenvalue weighted by Crippen LogP contribution is 2.25.